The fourth-order valence-electron chi connectivity index (χ4n) is 2.70. The second-order valence-electron chi connectivity index (χ2n) is 6.57. The third kappa shape index (κ3) is 9.47. The van der Waals surface area contributed by atoms with Gasteiger partial charge < -0.3 is 20.5 Å². The number of alkyl halides is 3. The molecule has 0 amide bonds. The summed E-state index contributed by atoms with van der Waals surface area (Å²) in [6.45, 7) is 8.18. The zero-order valence-corrected chi connectivity index (χ0v) is 17.7. The Hall–Kier alpha value is -1.27. The first-order chi connectivity index (χ1) is 12.2. The van der Waals surface area contributed by atoms with E-state index in [2.05, 4.69) is 33.8 Å². The third-order valence-corrected chi connectivity index (χ3v) is 3.67. The zero-order chi connectivity index (χ0) is 19.2. The van der Waals surface area contributed by atoms with Gasteiger partial charge in [-0.1, -0.05) is 13.8 Å². The molecule has 1 saturated heterocycles. The topological polar surface area (TPSA) is 72.1 Å². The van der Waals surface area contributed by atoms with Crippen LogP contribution in [0.15, 0.2) is 29.3 Å². The maximum Gasteiger partial charge on any atom is 0.573 e. The van der Waals surface area contributed by atoms with Crippen LogP contribution in [0.2, 0.25) is 0 Å². The first-order valence-corrected chi connectivity index (χ1v) is 8.48. The van der Waals surface area contributed by atoms with Crippen LogP contribution < -0.4 is 15.8 Å². The molecule has 10 heteroatoms. The minimum Gasteiger partial charge on any atom is -0.406 e. The van der Waals surface area contributed by atoms with Gasteiger partial charge in [-0.3, -0.25) is 9.89 Å². The molecular weight excluding hydrogens is 476 g/mol. The number of anilines is 1. The fourth-order valence-corrected chi connectivity index (χ4v) is 2.70. The van der Waals surface area contributed by atoms with Gasteiger partial charge >= 0.3 is 6.36 Å². The molecule has 0 aromatic heterocycles. The Kier molecular flexibility index (Phi) is 9.60. The average Bonchev–Trinajstić information content (AvgIpc) is 2.53. The fraction of sp³-hybridized carbons (Fsp3) is 0.588. The maximum atomic E-state index is 12.1. The van der Waals surface area contributed by atoms with Crippen LogP contribution in [0.5, 0.6) is 5.75 Å². The number of benzene rings is 1. The molecule has 27 heavy (non-hydrogen) atoms. The predicted octanol–water partition coefficient (Wildman–Crippen LogP) is 3.29. The van der Waals surface area contributed by atoms with Crippen molar-refractivity contribution < 1.29 is 22.6 Å². The quantitative estimate of drug-likeness (QED) is 0.355. The van der Waals surface area contributed by atoms with E-state index in [1.807, 2.05) is 0 Å². The van der Waals surface area contributed by atoms with E-state index in [9.17, 15) is 13.2 Å². The Labute approximate surface area is 174 Å². The van der Waals surface area contributed by atoms with Crippen LogP contribution in [0.1, 0.15) is 13.8 Å². The van der Waals surface area contributed by atoms with E-state index in [-0.39, 0.29) is 41.8 Å². The molecule has 0 radical (unpaired) electrons. The summed E-state index contributed by atoms with van der Waals surface area (Å²) < 4.78 is 45.9. The normalized spacial score (nSPS) is 18.9. The number of halogens is 4. The van der Waals surface area contributed by atoms with Gasteiger partial charge in [-0.15, -0.1) is 37.1 Å². The standard InChI is InChI=1S/C17H25F3N4O2.HI/c1-12(2)10-24-7-8-25-15(11-24)9-22-16(21)23-13-3-5-14(6-4-13)26-17(18,19)20;/h3-6,12,15H,7-11H2,1-2H3,(H3,21,22,23);1H. The highest BCUT2D eigenvalue weighted by Gasteiger charge is 2.30. The van der Waals surface area contributed by atoms with Crippen molar-refractivity contribution in [1.82, 2.24) is 4.90 Å². The zero-order valence-electron chi connectivity index (χ0n) is 15.3. The van der Waals surface area contributed by atoms with Gasteiger partial charge in [0, 0.05) is 25.3 Å². The highest BCUT2D eigenvalue weighted by atomic mass is 127. The summed E-state index contributed by atoms with van der Waals surface area (Å²) in [6, 6.07) is 5.28. The van der Waals surface area contributed by atoms with Gasteiger partial charge in [0.2, 0.25) is 0 Å². The maximum absolute atomic E-state index is 12.1. The van der Waals surface area contributed by atoms with Crippen molar-refractivity contribution in [3.8, 4) is 5.75 Å². The molecule has 1 aliphatic rings. The lowest BCUT2D eigenvalue weighted by Gasteiger charge is -2.33. The molecule has 1 fully saturated rings. The average molecular weight is 502 g/mol. The second kappa shape index (κ2) is 10.9. The van der Waals surface area contributed by atoms with E-state index < -0.39 is 6.36 Å². The van der Waals surface area contributed by atoms with E-state index in [0.29, 0.717) is 24.8 Å². The number of ether oxygens (including phenoxy) is 2. The van der Waals surface area contributed by atoms with Crippen molar-refractivity contribution in [2.45, 2.75) is 26.3 Å². The molecule has 6 nitrogen and oxygen atoms in total. The van der Waals surface area contributed by atoms with Crippen molar-refractivity contribution in [2.75, 3.05) is 38.1 Å². The van der Waals surface area contributed by atoms with Crippen molar-refractivity contribution >= 4 is 35.6 Å². The molecule has 1 heterocycles. The smallest absolute Gasteiger partial charge is 0.406 e. The number of hydrogen-bond acceptors (Lipinski definition) is 4. The van der Waals surface area contributed by atoms with E-state index in [1.54, 1.807) is 0 Å². The first kappa shape index (κ1) is 23.8. The summed E-state index contributed by atoms with van der Waals surface area (Å²) in [5.41, 5.74) is 6.36. The van der Waals surface area contributed by atoms with E-state index in [4.69, 9.17) is 10.5 Å². The molecule has 154 valence electrons. The number of hydrogen-bond donors (Lipinski definition) is 2. The minimum absolute atomic E-state index is 0. The lowest BCUT2D eigenvalue weighted by Crippen LogP contribution is -2.45. The highest BCUT2D eigenvalue weighted by Crippen LogP contribution is 2.23. The van der Waals surface area contributed by atoms with Crippen LogP contribution in [-0.2, 0) is 4.74 Å². The van der Waals surface area contributed by atoms with Crippen LogP contribution in [0.3, 0.4) is 0 Å². The lowest BCUT2D eigenvalue weighted by atomic mass is 10.2. The third-order valence-electron chi connectivity index (χ3n) is 3.67. The Morgan fingerprint density at radius 2 is 2.04 bits per heavy atom. The molecule has 1 atom stereocenters. The first-order valence-electron chi connectivity index (χ1n) is 8.48. The number of nitrogens with one attached hydrogen (secondary N) is 1. The van der Waals surface area contributed by atoms with Gasteiger partial charge in [0.25, 0.3) is 0 Å². The van der Waals surface area contributed by atoms with Gasteiger partial charge in [-0.25, -0.2) is 0 Å². The van der Waals surface area contributed by atoms with Crippen LogP contribution in [0.4, 0.5) is 18.9 Å². The molecule has 1 aromatic carbocycles. The van der Waals surface area contributed by atoms with Crippen molar-refractivity contribution in [1.29, 1.82) is 0 Å². The Morgan fingerprint density at radius 3 is 2.63 bits per heavy atom. The molecule has 0 aliphatic carbocycles. The number of nitrogens with zero attached hydrogens (tertiary/aromatic N) is 2. The minimum atomic E-state index is -4.71. The number of aliphatic imine (C=N–C) groups is 1. The number of nitrogens with two attached hydrogens (primary N) is 1. The number of rotatable bonds is 6. The van der Waals surface area contributed by atoms with Gasteiger partial charge in [-0.05, 0) is 30.2 Å². The van der Waals surface area contributed by atoms with E-state index >= 15 is 0 Å². The molecule has 0 saturated carbocycles. The van der Waals surface area contributed by atoms with Crippen molar-refractivity contribution in [3.05, 3.63) is 24.3 Å². The Morgan fingerprint density at radius 1 is 1.37 bits per heavy atom. The highest BCUT2D eigenvalue weighted by molar-refractivity contribution is 14.0. The van der Waals surface area contributed by atoms with Gasteiger partial charge in [-0.2, -0.15) is 0 Å². The van der Waals surface area contributed by atoms with Crippen LogP contribution in [0, 0.1) is 5.92 Å². The molecule has 1 unspecified atom stereocenters. The summed E-state index contributed by atoms with van der Waals surface area (Å²) in [5.74, 6) is 0.478. The molecule has 0 spiro atoms. The number of guanidine groups is 1. The SMILES string of the molecule is CC(C)CN1CCOC(CN=C(N)Nc2ccc(OC(F)(F)F)cc2)C1.I. The Bertz CT molecular complexity index is 597. The van der Waals surface area contributed by atoms with Gasteiger partial charge in [0.15, 0.2) is 5.96 Å². The summed E-state index contributed by atoms with van der Waals surface area (Å²) in [7, 11) is 0. The van der Waals surface area contributed by atoms with Gasteiger partial charge in [0.1, 0.15) is 5.75 Å². The predicted molar refractivity (Wildman–Crippen MR) is 110 cm³/mol. The number of morpholine rings is 1. The largest absolute Gasteiger partial charge is 0.573 e. The van der Waals surface area contributed by atoms with Crippen LogP contribution in [-0.4, -0.2) is 56.1 Å². The second-order valence-corrected chi connectivity index (χ2v) is 6.57. The van der Waals surface area contributed by atoms with Gasteiger partial charge in [0.05, 0.1) is 19.3 Å². The molecule has 0 bridgehead atoms. The monoisotopic (exact) mass is 502 g/mol. The molecule has 3 N–H and O–H groups in total. The molecule has 1 aliphatic heterocycles. The van der Waals surface area contributed by atoms with Crippen LogP contribution in [0.25, 0.3) is 0 Å². The summed E-state index contributed by atoms with van der Waals surface area (Å²) in [4.78, 5) is 6.60. The van der Waals surface area contributed by atoms with E-state index in [1.165, 1.54) is 24.3 Å². The van der Waals surface area contributed by atoms with Crippen molar-refractivity contribution in [3.63, 3.8) is 0 Å². The lowest BCUT2D eigenvalue weighted by molar-refractivity contribution is -0.274. The van der Waals surface area contributed by atoms with Crippen LogP contribution >= 0.6 is 24.0 Å². The summed E-state index contributed by atoms with van der Waals surface area (Å²) in [5, 5.41) is 2.84. The van der Waals surface area contributed by atoms with E-state index in [0.717, 1.165) is 19.6 Å². The van der Waals surface area contributed by atoms with Crippen molar-refractivity contribution in [2.24, 2.45) is 16.6 Å². The summed E-state index contributed by atoms with van der Waals surface area (Å²) >= 11 is 0. The summed E-state index contributed by atoms with van der Waals surface area (Å²) in [6.07, 6.45) is -4.73. The molecular formula is C17H26F3IN4O2. The Balaban J connectivity index is 0.00000364. The molecule has 2 rings (SSSR count). The molecule has 1 aromatic rings.